The summed E-state index contributed by atoms with van der Waals surface area (Å²) in [5.74, 6) is 4.98. The molecule has 1 nitrogen and oxygen atoms in total. The highest BCUT2D eigenvalue weighted by Crippen LogP contribution is 1.99. The third kappa shape index (κ3) is 7.87. The molecule has 0 atom stereocenters. The van der Waals surface area contributed by atoms with Crippen LogP contribution in [0.5, 0.6) is 0 Å². The van der Waals surface area contributed by atoms with Gasteiger partial charge in [-0.25, -0.2) is 0 Å². The molecule has 0 aliphatic rings. The van der Waals surface area contributed by atoms with Crippen molar-refractivity contribution in [1.82, 2.24) is 5.32 Å². The predicted octanol–water partition coefficient (Wildman–Crippen LogP) is 1.35. The summed E-state index contributed by atoms with van der Waals surface area (Å²) in [7, 11) is 0. The molecule has 0 saturated carbocycles. The highest BCUT2D eigenvalue weighted by atomic mass is 32.2. The van der Waals surface area contributed by atoms with Crippen LogP contribution < -0.4 is 5.32 Å². The molecule has 0 unspecified atom stereocenters. The van der Waals surface area contributed by atoms with Gasteiger partial charge in [0.1, 0.15) is 0 Å². The summed E-state index contributed by atoms with van der Waals surface area (Å²) in [5.41, 5.74) is 0. The lowest BCUT2D eigenvalue weighted by molar-refractivity contribution is 0.818. The highest BCUT2D eigenvalue weighted by molar-refractivity contribution is 7.99. The van der Waals surface area contributed by atoms with E-state index in [2.05, 4.69) is 18.2 Å². The van der Waals surface area contributed by atoms with Crippen molar-refractivity contribution in [2.75, 3.05) is 24.6 Å². The Kier molecular flexibility index (Phi) is 8.75. The van der Waals surface area contributed by atoms with Crippen LogP contribution in [0.2, 0.25) is 0 Å². The first-order valence-electron chi connectivity index (χ1n) is 3.63. The first kappa shape index (κ1) is 9.87. The van der Waals surface area contributed by atoms with Crippen LogP contribution in [-0.2, 0) is 0 Å². The van der Waals surface area contributed by atoms with Crippen molar-refractivity contribution in [3.05, 3.63) is 0 Å². The Morgan fingerprint density at radius 1 is 1.50 bits per heavy atom. The van der Waals surface area contributed by atoms with Gasteiger partial charge in [0.05, 0.1) is 6.54 Å². The van der Waals surface area contributed by atoms with Crippen LogP contribution in [0, 0.1) is 12.3 Å². The van der Waals surface area contributed by atoms with E-state index in [-0.39, 0.29) is 0 Å². The molecule has 10 heavy (non-hydrogen) atoms. The average Bonchev–Trinajstić information content (AvgIpc) is 1.97. The van der Waals surface area contributed by atoms with Gasteiger partial charge in [-0.1, -0.05) is 12.8 Å². The molecule has 2 heteroatoms. The van der Waals surface area contributed by atoms with Gasteiger partial charge in [-0.2, -0.15) is 11.8 Å². The van der Waals surface area contributed by atoms with Crippen LogP contribution in [0.15, 0.2) is 0 Å². The summed E-state index contributed by atoms with van der Waals surface area (Å²) < 4.78 is 0. The van der Waals surface area contributed by atoms with Crippen molar-refractivity contribution < 1.29 is 0 Å². The van der Waals surface area contributed by atoms with Crippen LogP contribution in [-0.4, -0.2) is 24.6 Å². The molecule has 0 radical (unpaired) electrons. The molecule has 0 rings (SSSR count). The third-order valence-electron chi connectivity index (χ3n) is 0.999. The topological polar surface area (TPSA) is 12.0 Å². The third-order valence-corrected chi connectivity index (χ3v) is 2.19. The van der Waals surface area contributed by atoms with E-state index in [1.54, 1.807) is 0 Å². The Hall–Kier alpha value is -0.130. The van der Waals surface area contributed by atoms with E-state index in [1.165, 1.54) is 17.9 Å². The molecule has 0 fully saturated rings. The second kappa shape index (κ2) is 8.87. The fraction of sp³-hybridized carbons (Fsp3) is 0.750. The Morgan fingerprint density at radius 3 is 2.90 bits per heavy atom. The Bertz CT molecular complexity index is 95.9. The lowest BCUT2D eigenvalue weighted by Crippen LogP contribution is -2.17. The zero-order chi connectivity index (χ0) is 7.66. The maximum Gasteiger partial charge on any atom is 0.0574 e. The number of terminal acetylenes is 1. The molecule has 1 N–H and O–H groups in total. The Balaban J connectivity index is 2.72. The molecule has 58 valence electrons. The van der Waals surface area contributed by atoms with Crippen LogP contribution in [0.3, 0.4) is 0 Å². The van der Waals surface area contributed by atoms with E-state index in [9.17, 15) is 0 Å². The van der Waals surface area contributed by atoms with Crippen molar-refractivity contribution in [2.45, 2.75) is 13.3 Å². The molecule has 0 aliphatic heterocycles. The van der Waals surface area contributed by atoms with Gasteiger partial charge in [-0.3, -0.25) is 0 Å². The summed E-state index contributed by atoms with van der Waals surface area (Å²) in [5, 5.41) is 3.14. The standard InChI is InChI=1S/C8H15NS/c1-3-5-9-6-8-10-7-4-2/h1,9H,4-8H2,2H3. The smallest absolute Gasteiger partial charge is 0.0574 e. The summed E-state index contributed by atoms with van der Waals surface area (Å²) in [6.07, 6.45) is 6.31. The lowest BCUT2D eigenvalue weighted by Gasteiger charge is -1.98. The summed E-state index contributed by atoms with van der Waals surface area (Å²) in [4.78, 5) is 0. The molecule has 0 spiro atoms. The molecule has 0 saturated heterocycles. The minimum Gasteiger partial charge on any atom is -0.305 e. The van der Waals surface area contributed by atoms with E-state index < -0.39 is 0 Å². The minimum absolute atomic E-state index is 0.701. The fourth-order valence-corrected chi connectivity index (χ4v) is 1.33. The van der Waals surface area contributed by atoms with Gasteiger partial charge in [0.2, 0.25) is 0 Å². The second-order valence-corrected chi connectivity index (χ2v) is 3.22. The SMILES string of the molecule is C#CCNCCSCCC. The van der Waals surface area contributed by atoms with E-state index in [4.69, 9.17) is 6.42 Å². The molecule has 0 amide bonds. The Morgan fingerprint density at radius 2 is 2.30 bits per heavy atom. The van der Waals surface area contributed by atoms with Gasteiger partial charge in [0, 0.05) is 12.3 Å². The van der Waals surface area contributed by atoms with E-state index in [0.717, 1.165) is 6.54 Å². The zero-order valence-corrected chi connectivity index (χ0v) is 7.34. The molecule has 0 aromatic carbocycles. The summed E-state index contributed by atoms with van der Waals surface area (Å²) >= 11 is 1.97. The molecule has 0 aromatic heterocycles. The average molecular weight is 157 g/mol. The summed E-state index contributed by atoms with van der Waals surface area (Å²) in [6, 6.07) is 0. The molecule has 0 heterocycles. The minimum atomic E-state index is 0.701. The molecule has 0 aromatic rings. The first-order valence-corrected chi connectivity index (χ1v) is 4.79. The van der Waals surface area contributed by atoms with E-state index in [0.29, 0.717) is 6.54 Å². The van der Waals surface area contributed by atoms with Crippen molar-refractivity contribution >= 4 is 11.8 Å². The number of thioether (sulfide) groups is 1. The lowest BCUT2D eigenvalue weighted by atomic mass is 10.6. The first-order chi connectivity index (χ1) is 4.91. The van der Waals surface area contributed by atoms with E-state index in [1.807, 2.05) is 11.8 Å². The van der Waals surface area contributed by atoms with Crippen molar-refractivity contribution in [1.29, 1.82) is 0 Å². The van der Waals surface area contributed by atoms with Gasteiger partial charge in [-0.05, 0) is 12.2 Å². The molecule has 0 aliphatic carbocycles. The maximum atomic E-state index is 5.05. The number of hydrogen-bond acceptors (Lipinski definition) is 2. The van der Waals surface area contributed by atoms with Gasteiger partial charge >= 0.3 is 0 Å². The van der Waals surface area contributed by atoms with Gasteiger partial charge in [0.25, 0.3) is 0 Å². The summed E-state index contributed by atoms with van der Waals surface area (Å²) in [6.45, 7) is 3.93. The quantitative estimate of drug-likeness (QED) is 0.461. The second-order valence-electron chi connectivity index (χ2n) is 1.99. The van der Waals surface area contributed by atoms with E-state index >= 15 is 0 Å². The number of rotatable bonds is 6. The normalized spacial score (nSPS) is 9.20. The fourth-order valence-electron chi connectivity index (χ4n) is 0.551. The largest absolute Gasteiger partial charge is 0.305 e. The number of nitrogens with one attached hydrogen (secondary N) is 1. The maximum absolute atomic E-state index is 5.05. The highest BCUT2D eigenvalue weighted by Gasteiger charge is 1.85. The molecular weight excluding hydrogens is 142 g/mol. The van der Waals surface area contributed by atoms with Crippen LogP contribution >= 0.6 is 11.8 Å². The van der Waals surface area contributed by atoms with Gasteiger partial charge in [0.15, 0.2) is 0 Å². The predicted molar refractivity (Wildman–Crippen MR) is 49.3 cm³/mol. The van der Waals surface area contributed by atoms with Gasteiger partial charge in [-0.15, -0.1) is 6.42 Å². The van der Waals surface area contributed by atoms with Gasteiger partial charge < -0.3 is 5.32 Å². The van der Waals surface area contributed by atoms with Crippen LogP contribution in [0.1, 0.15) is 13.3 Å². The van der Waals surface area contributed by atoms with Crippen LogP contribution in [0.25, 0.3) is 0 Å². The number of hydrogen-bond donors (Lipinski definition) is 1. The van der Waals surface area contributed by atoms with Crippen molar-refractivity contribution in [2.24, 2.45) is 0 Å². The Labute approximate surface area is 68.0 Å². The molecular formula is C8H15NS. The van der Waals surface area contributed by atoms with Crippen molar-refractivity contribution in [3.8, 4) is 12.3 Å². The van der Waals surface area contributed by atoms with Crippen molar-refractivity contribution in [3.63, 3.8) is 0 Å². The van der Waals surface area contributed by atoms with Crippen LogP contribution in [0.4, 0.5) is 0 Å². The monoisotopic (exact) mass is 157 g/mol. The molecule has 0 bridgehead atoms. The zero-order valence-electron chi connectivity index (χ0n) is 6.52.